The Hall–Kier alpha value is -2.60. The first-order valence-corrected chi connectivity index (χ1v) is 8.60. The SMILES string of the molecule is CC1=CC2=C(c3ccccc3)C(C)=CC2C(C)=C1c1ccccc1. The van der Waals surface area contributed by atoms with E-state index in [1.54, 1.807) is 0 Å². The number of allylic oxidation sites excluding steroid dienone is 8. The van der Waals surface area contributed by atoms with Crippen molar-refractivity contribution in [3.63, 3.8) is 0 Å². The molecule has 0 aromatic heterocycles. The van der Waals surface area contributed by atoms with Crippen LogP contribution < -0.4 is 0 Å². The van der Waals surface area contributed by atoms with Crippen LogP contribution in [0.5, 0.6) is 0 Å². The predicted molar refractivity (Wildman–Crippen MR) is 103 cm³/mol. The number of fused-ring (bicyclic) bond motifs is 1. The standard InChI is InChI=1S/C24H22/c1-16-15-22-21(18(3)23(16)19-10-6-4-7-11-19)14-17(2)24(22)20-12-8-5-9-13-20/h4-15,21H,1-3H3. The van der Waals surface area contributed by atoms with Gasteiger partial charge in [-0.3, -0.25) is 0 Å². The van der Waals surface area contributed by atoms with Crippen molar-refractivity contribution in [3.05, 3.63) is 106 Å². The highest BCUT2D eigenvalue weighted by molar-refractivity contribution is 5.92. The van der Waals surface area contributed by atoms with Crippen molar-refractivity contribution in [1.29, 1.82) is 0 Å². The van der Waals surface area contributed by atoms with Gasteiger partial charge in [-0.25, -0.2) is 0 Å². The van der Waals surface area contributed by atoms with Gasteiger partial charge in [-0.2, -0.15) is 0 Å². The molecule has 0 N–H and O–H groups in total. The van der Waals surface area contributed by atoms with E-state index < -0.39 is 0 Å². The second-order valence-corrected chi connectivity index (χ2v) is 6.78. The van der Waals surface area contributed by atoms with Gasteiger partial charge < -0.3 is 0 Å². The Labute approximate surface area is 144 Å². The lowest BCUT2D eigenvalue weighted by Crippen LogP contribution is -2.09. The van der Waals surface area contributed by atoms with Crippen molar-refractivity contribution in [2.24, 2.45) is 5.92 Å². The Morgan fingerprint density at radius 1 is 0.625 bits per heavy atom. The molecular weight excluding hydrogens is 288 g/mol. The zero-order valence-corrected chi connectivity index (χ0v) is 14.5. The van der Waals surface area contributed by atoms with E-state index in [4.69, 9.17) is 0 Å². The summed E-state index contributed by atoms with van der Waals surface area (Å²) >= 11 is 0. The Bertz CT molecular complexity index is 903. The van der Waals surface area contributed by atoms with Gasteiger partial charge in [-0.05, 0) is 59.8 Å². The lowest BCUT2D eigenvalue weighted by molar-refractivity contribution is 0.924. The van der Waals surface area contributed by atoms with Crippen molar-refractivity contribution in [2.45, 2.75) is 20.8 Å². The highest BCUT2D eigenvalue weighted by atomic mass is 14.3. The highest BCUT2D eigenvalue weighted by Crippen LogP contribution is 2.47. The predicted octanol–water partition coefficient (Wildman–Crippen LogP) is 6.45. The highest BCUT2D eigenvalue weighted by Gasteiger charge is 2.30. The first-order chi connectivity index (χ1) is 11.7. The second-order valence-electron chi connectivity index (χ2n) is 6.78. The quantitative estimate of drug-likeness (QED) is 0.598. The smallest absolute Gasteiger partial charge is 0.0247 e. The first kappa shape index (κ1) is 15.0. The lowest BCUT2D eigenvalue weighted by atomic mass is 9.79. The molecule has 2 aliphatic rings. The molecule has 1 unspecified atom stereocenters. The van der Waals surface area contributed by atoms with E-state index in [0.717, 1.165) is 0 Å². The molecule has 0 bridgehead atoms. The maximum atomic E-state index is 2.43. The summed E-state index contributed by atoms with van der Waals surface area (Å²) in [5.74, 6) is 0.402. The van der Waals surface area contributed by atoms with Crippen LogP contribution in [0.1, 0.15) is 31.9 Å². The van der Waals surface area contributed by atoms with E-state index in [9.17, 15) is 0 Å². The fraction of sp³-hybridized carbons (Fsp3) is 0.167. The van der Waals surface area contributed by atoms with Crippen molar-refractivity contribution in [2.75, 3.05) is 0 Å². The van der Waals surface area contributed by atoms with Gasteiger partial charge in [0, 0.05) is 5.92 Å². The lowest BCUT2D eigenvalue weighted by Gasteiger charge is -2.25. The summed E-state index contributed by atoms with van der Waals surface area (Å²) in [4.78, 5) is 0. The number of benzene rings is 2. The molecule has 2 aromatic rings. The van der Waals surface area contributed by atoms with Crippen molar-refractivity contribution >= 4 is 11.1 Å². The zero-order valence-electron chi connectivity index (χ0n) is 14.5. The molecule has 0 nitrogen and oxygen atoms in total. The number of hydrogen-bond donors (Lipinski definition) is 0. The Balaban J connectivity index is 1.89. The molecule has 0 amide bonds. The molecule has 0 saturated heterocycles. The summed E-state index contributed by atoms with van der Waals surface area (Å²) in [6.07, 6.45) is 4.83. The van der Waals surface area contributed by atoms with Crippen LogP contribution in [0.25, 0.3) is 11.1 Å². The fourth-order valence-corrected chi connectivity index (χ4v) is 4.16. The van der Waals surface area contributed by atoms with E-state index in [0.29, 0.717) is 5.92 Å². The van der Waals surface area contributed by atoms with Crippen LogP contribution in [0.15, 0.2) is 95.1 Å². The maximum Gasteiger partial charge on any atom is 0.0247 e. The Morgan fingerprint density at radius 3 is 1.75 bits per heavy atom. The zero-order chi connectivity index (χ0) is 16.7. The minimum atomic E-state index is 0.402. The van der Waals surface area contributed by atoms with E-state index in [2.05, 4.69) is 93.6 Å². The molecule has 0 heterocycles. The number of rotatable bonds is 2. The van der Waals surface area contributed by atoms with Gasteiger partial charge in [0.2, 0.25) is 0 Å². The van der Waals surface area contributed by atoms with Crippen LogP contribution >= 0.6 is 0 Å². The molecule has 0 heteroatoms. The summed E-state index contributed by atoms with van der Waals surface area (Å²) in [5.41, 5.74) is 11.1. The molecule has 0 spiro atoms. The van der Waals surface area contributed by atoms with Crippen LogP contribution in [-0.2, 0) is 0 Å². The molecular formula is C24H22. The molecule has 24 heavy (non-hydrogen) atoms. The summed E-state index contributed by atoms with van der Waals surface area (Å²) in [7, 11) is 0. The van der Waals surface area contributed by atoms with Crippen LogP contribution in [0.3, 0.4) is 0 Å². The van der Waals surface area contributed by atoms with Gasteiger partial charge >= 0.3 is 0 Å². The summed E-state index contributed by atoms with van der Waals surface area (Å²) < 4.78 is 0. The fourth-order valence-electron chi connectivity index (χ4n) is 4.16. The summed E-state index contributed by atoms with van der Waals surface area (Å²) in [5, 5.41) is 0. The normalized spacial score (nSPS) is 20.0. The van der Waals surface area contributed by atoms with Crippen molar-refractivity contribution in [3.8, 4) is 0 Å². The van der Waals surface area contributed by atoms with Crippen molar-refractivity contribution < 1.29 is 0 Å². The van der Waals surface area contributed by atoms with Crippen LogP contribution in [0.4, 0.5) is 0 Å². The molecule has 0 radical (unpaired) electrons. The minimum absolute atomic E-state index is 0.402. The Kier molecular flexibility index (Phi) is 3.61. The van der Waals surface area contributed by atoms with E-state index in [-0.39, 0.29) is 0 Å². The van der Waals surface area contributed by atoms with Gasteiger partial charge in [0.05, 0.1) is 0 Å². The van der Waals surface area contributed by atoms with Gasteiger partial charge in [0.1, 0.15) is 0 Å². The molecule has 2 aromatic carbocycles. The van der Waals surface area contributed by atoms with Gasteiger partial charge in [0.15, 0.2) is 0 Å². The molecule has 0 fully saturated rings. The first-order valence-electron chi connectivity index (χ1n) is 8.60. The third kappa shape index (κ3) is 2.30. The molecule has 1 atom stereocenters. The van der Waals surface area contributed by atoms with E-state index in [1.165, 1.54) is 44.6 Å². The summed E-state index contributed by atoms with van der Waals surface area (Å²) in [6.45, 7) is 6.78. The average Bonchev–Trinajstić information content (AvgIpc) is 2.93. The number of hydrogen-bond acceptors (Lipinski definition) is 0. The van der Waals surface area contributed by atoms with E-state index in [1.807, 2.05) is 0 Å². The van der Waals surface area contributed by atoms with Gasteiger partial charge in [-0.1, -0.05) is 78.4 Å². The Morgan fingerprint density at radius 2 is 1.17 bits per heavy atom. The molecule has 4 rings (SSSR count). The van der Waals surface area contributed by atoms with Crippen molar-refractivity contribution in [1.82, 2.24) is 0 Å². The second kappa shape index (κ2) is 5.79. The molecule has 0 aliphatic heterocycles. The monoisotopic (exact) mass is 310 g/mol. The molecule has 0 saturated carbocycles. The average molecular weight is 310 g/mol. The summed E-state index contributed by atoms with van der Waals surface area (Å²) in [6, 6.07) is 21.5. The minimum Gasteiger partial charge on any atom is -0.0694 e. The van der Waals surface area contributed by atoms with Gasteiger partial charge in [0.25, 0.3) is 0 Å². The van der Waals surface area contributed by atoms with Gasteiger partial charge in [-0.15, -0.1) is 0 Å². The largest absolute Gasteiger partial charge is 0.0694 e. The maximum absolute atomic E-state index is 2.43. The van der Waals surface area contributed by atoms with Crippen LogP contribution in [0.2, 0.25) is 0 Å². The third-order valence-electron chi connectivity index (χ3n) is 5.19. The molecule has 118 valence electrons. The van der Waals surface area contributed by atoms with Crippen LogP contribution in [0, 0.1) is 5.92 Å². The molecule has 2 aliphatic carbocycles. The third-order valence-corrected chi connectivity index (χ3v) is 5.19. The van der Waals surface area contributed by atoms with Crippen LogP contribution in [-0.4, -0.2) is 0 Å². The topological polar surface area (TPSA) is 0 Å². The van der Waals surface area contributed by atoms with E-state index >= 15 is 0 Å².